The van der Waals surface area contributed by atoms with Crippen molar-refractivity contribution in [2.24, 2.45) is 5.73 Å². The van der Waals surface area contributed by atoms with E-state index in [4.69, 9.17) is 5.73 Å². The number of nitrogens with zero attached hydrogens (tertiary/aromatic N) is 3. The van der Waals surface area contributed by atoms with Crippen molar-refractivity contribution in [1.29, 1.82) is 0 Å². The lowest BCUT2D eigenvalue weighted by Gasteiger charge is -2.36. The molecule has 0 bridgehead atoms. The normalized spacial score (nSPS) is 16.7. The molecule has 0 spiro atoms. The number of nitrogens with two attached hydrogens (primary N) is 1. The summed E-state index contributed by atoms with van der Waals surface area (Å²) >= 11 is 0. The zero-order chi connectivity index (χ0) is 25.9. The van der Waals surface area contributed by atoms with Gasteiger partial charge in [-0.25, -0.2) is 0 Å². The molecule has 0 radical (unpaired) electrons. The number of likely N-dealkylation sites (N-methyl/N-ethyl adjacent to an activating group) is 2. The second-order valence-corrected chi connectivity index (χ2v) is 9.55. The topological polar surface area (TPSA) is 107 Å². The van der Waals surface area contributed by atoms with Crippen molar-refractivity contribution < 1.29 is 19.5 Å². The fourth-order valence-electron chi connectivity index (χ4n) is 3.62. The molecule has 190 valence electrons. The third kappa shape index (κ3) is 10.1. The predicted molar refractivity (Wildman–Crippen MR) is 136 cm³/mol. The van der Waals surface area contributed by atoms with Crippen molar-refractivity contribution in [2.45, 2.75) is 64.1 Å². The monoisotopic (exact) mass is 474 g/mol. The van der Waals surface area contributed by atoms with Crippen LogP contribution in [0.4, 0.5) is 0 Å². The molecule has 1 aliphatic heterocycles. The first kappa shape index (κ1) is 29.3. The third-order valence-corrected chi connectivity index (χ3v) is 5.72. The van der Waals surface area contributed by atoms with E-state index in [1.807, 2.05) is 39.0 Å². The Labute approximate surface area is 204 Å². The van der Waals surface area contributed by atoms with Gasteiger partial charge in [-0.3, -0.25) is 14.4 Å². The standard InChI is InChI=1S/C26H42N4O4/c1-7-10-20(11-8-2)18-22(25(34)30-16-13-21(31)14-17-30)29(6)24(33)19-28(5)23(32)12-9-15-26(3,4)27/h7-12,21-22,31H,1,13-19,27H2,2-6H3/b11-8-,12-9+,20-10+/t22-/m1/s1. The van der Waals surface area contributed by atoms with Crippen molar-refractivity contribution in [1.82, 2.24) is 14.7 Å². The number of amides is 3. The first-order valence-electron chi connectivity index (χ1n) is 11.8. The average Bonchev–Trinajstić information content (AvgIpc) is 2.76. The molecule has 1 fully saturated rings. The molecular weight excluding hydrogens is 432 g/mol. The number of carbonyl (C=O) groups is 3. The van der Waals surface area contributed by atoms with Crippen LogP contribution in [-0.2, 0) is 14.4 Å². The highest BCUT2D eigenvalue weighted by Crippen LogP contribution is 2.19. The van der Waals surface area contributed by atoms with Gasteiger partial charge in [0.25, 0.3) is 0 Å². The van der Waals surface area contributed by atoms with E-state index >= 15 is 0 Å². The Morgan fingerprint density at radius 2 is 1.82 bits per heavy atom. The number of rotatable bonds is 11. The second-order valence-electron chi connectivity index (χ2n) is 9.55. The van der Waals surface area contributed by atoms with E-state index in [1.54, 1.807) is 31.1 Å². The van der Waals surface area contributed by atoms with Crippen molar-refractivity contribution in [3.05, 3.63) is 48.6 Å². The van der Waals surface area contributed by atoms with Gasteiger partial charge in [0.1, 0.15) is 6.04 Å². The van der Waals surface area contributed by atoms with Crippen LogP contribution in [0.25, 0.3) is 0 Å². The van der Waals surface area contributed by atoms with Gasteiger partial charge in [-0.1, -0.05) is 37.0 Å². The summed E-state index contributed by atoms with van der Waals surface area (Å²) in [7, 11) is 3.15. The number of carbonyl (C=O) groups excluding carboxylic acids is 3. The molecule has 0 aromatic rings. The minimum atomic E-state index is -0.734. The minimum absolute atomic E-state index is 0.154. The zero-order valence-corrected chi connectivity index (χ0v) is 21.4. The van der Waals surface area contributed by atoms with E-state index in [0.717, 1.165) is 5.57 Å². The summed E-state index contributed by atoms with van der Waals surface area (Å²) in [4.78, 5) is 43.4. The van der Waals surface area contributed by atoms with Crippen molar-refractivity contribution in [3.8, 4) is 0 Å². The summed E-state index contributed by atoms with van der Waals surface area (Å²) in [5, 5.41) is 9.81. The second kappa shape index (κ2) is 13.9. The molecule has 0 aliphatic carbocycles. The van der Waals surface area contributed by atoms with Crippen LogP contribution in [0.5, 0.6) is 0 Å². The Kier molecular flexibility index (Phi) is 12.0. The minimum Gasteiger partial charge on any atom is -0.393 e. The van der Waals surface area contributed by atoms with Crippen LogP contribution in [0, 0.1) is 0 Å². The summed E-state index contributed by atoms with van der Waals surface area (Å²) in [5.41, 5.74) is 6.37. The quantitative estimate of drug-likeness (QED) is 0.352. The Balaban J connectivity index is 2.99. The number of hydrogen-bond donors (Lipinski definition) is 2. The Morgan fingerprint density at radius 3 is 2.35 bits per heavy atom. The highest BCUT2D eigenvalue weighted by atomic mass is 16.3. The Morgan fingerprint density at radius 1 is 1.21 bits per heavy atom. The van der Waals surface area contributed by atoms with E-state index in [9.17, 15) is 19.5 Å². The summed E-state index contributed by atoms with van der Waals surface area (Å²) < 4.78 is 0. The maximum absolute atomic E-state index is 13.4. The molecule has 3 amide bonds. The molecule has 1 aliphatic rings. The third-order valence-electron chi connectivity index (χ3n) is 5.72. The summed E-state index contributed by atoms with van der Waals surface area (Å²) in [6.07, 6.45) is 11.8. The van der Waals surface area contributed by atoms with E-state index in [2.05, 4.69) is 6.58 Å². The van der Waals surface area contributed by atoms with Gasteiger partial charge in [-0.2, -0.15) is 0 Å². The van der Waals surface area contributed by atoms with Gasteiger partial charge in [0.15, 0.2) is 0 Å². The number of likely N-dealkylation sites (tertiary alicyclic amines) is 1. The number of hydrogen-bond acceptors (Lipinski definition) is 5. The first-order valence-corrected chi connectivity index (χ1v) is 11.8. The molecule has 3 N–H and O–H groups in total. The van der Waals surface area contributed by atoms with Gasteiger partial charge >= 0.3 is 0 Å². The van der Waals surface area contributed by atoms with Gasteiger partial charge in [0.05, 0.1) is 12.6 Å². The lowest BCUT2D eigenvalue weighted by Crippen LogP contribution is -2.53. The molecule has 0 aromatic carbocycles. The molecule has 8 nitrogen and oxygen atoms in total. The van der Waals surface area contributed by atoms with Crippen LogP contribution < -0.4 is 5.73 Å². The van der Waals surface area contributed by atoms with Crippen LogP contribution in [0.1, 0.15) is 46.5 Å². The van der Waals surface area contributed by atoms with Crippen molar-refractivity contribution in [2.75, 3.05) is 33.7 Å². The molecule has 34 heavy (non-hydrogen) atoms. The van der Waals surface area contributed by atoms with Gasteiger partial charge in [0, 0.05) is 39.1 Å². The number of piperidine rings is 1. The van der Waals surface area contributed by atoms with Crippen LogP contribution in [0.3, 0.4) is 0 Å². The number of aliphatic hydroxyl groups excluding tert-OH is 1. The first-order chi connectivity index (χ1) is 15.9. The van der Waals surface area contributed by atoms with Gasteiger partial charge < -0.3 is 25.5 Å². The summed E-state index contributed by atoms with van der Waals surface area (Å²) in [6.45, 7) is 10.1. The van der Waals surface area contributed by atoms with Gasteiger partial charge in [-0.15, -0.1) is 0 Å². The molecule has 8 heteroatoms. The van der Waals surface area contributed by atoms with E-state index in [1.165, 1.54) is 15.9 Å². The van der Waals surface area contributed by atoms with Crippen molar-refractivity contribution in [3.63, 3.8) is 0 Å². The molecular formula is C26H42N4O4. The van der Waals surface area contributed by atoms with E-state index < -0.39 is 17.7 Å². The molecule has 0 saturated carbocycles. The van der Waals surface area contributed by atoms with Crippen LogP contribution >= 0.6 is 0 Å². The highest BCUT2D eigenvalue weighted by molar-refractivity contribution is 5.93. The van der Waals surface area contributed by atoms with Gasteiger partial charge in [-0.05, 0) is 51.7 Å². The Bertz CT molecular complexity index is 802. The molecule has 1 saturated heterocycles. The molecule has 1 atom stereocenters. The fourth-order valence-corrected chi connectivity index (χ4v) is 3.62. The van der Waals surface area contributed by atoms with Gasteiger partial charge in [0.2, 0.25) is 17.7 Å². The molecule has 0 aromatic heterocycles. The average molecular weight is 475 g/mol. The fraction of sp³-hybridized carbons (Fsp3) is 0.577. The van der Waals surface area contributed by atoms with Crippen LogP contribution in [0.15, 0.2) is 48.6 Å². The van der Waals surface area contributed by atoms with Crippen molar-refractivity contribution >= 4 is 17.7 Å². The van der Waals surface area contributed by atoms with Crippen LogP contribution in [-0.4, -0.2) is 88.9 Å². The van der Waals surface area contributed by atoms with Crippen LogP contribution in [0.2, 0.25) is 0 Å². The maximum Gasteiger partial charge on any atom is 0.246 e. The number of allylic oxidation sites excluding steroid dienone is 4. The molecule has 1 heterocycles. The maximum atomic E-state index is 13.4. The molecule has 0 unspecified atom stereocenters. The molecule has 1 rings (SSSR count). The zero-order valence-electron chi connectivity index (χ0n) is 21.4. The highest BCUT2D eigenvalue weighted by Gasteiger charge is 2.33. The number of aliphatic hydroxyl groups is 1. The Hall–Kier alpha value is -2.71. The SMILES string of the molecule is C=C/C=C(\C=C/C)C[C@H](C(=O)N1CCC(O)CC1)N(C)C(=O)CN(C)C(=O)/C=C/CC(C)(C)N. The lowest BCUT2D eigenvalue weighted by atomic mass is 10.0. The van der Waals surface area contributed by atoms with E-state index in [0.29, 0.717) is 38.8 Å². The smallest absolute Gasteiger partial charge is 0.246 e. The summed E-state index contributed by atoms with van der Waals surface area (Å²) in [5.74, 6) is -0.807. The van der Waals surface area contributed by atoms with E-state index in [-0.39, 0.29) is 24.3 Å². The largest absolute Gasteiger partial charge is 0.393 e. The lowest BCUT2D eigenvalue weighted by molar-refractivity contribution is -0.147. The predicted octanol–water partition coefficient (Wildman–Crippen LogP) is 2.02. The summed E-state index contributed by atoms with van der Waals surface area (Å²) in [6, 6.07) is -0.734.